The van der Waals surface area contributed by atoms with Gasteiger partial charge in [-0.05, 0) is 55.6 Å². The molecule has 0 unspecified atom stereocenters. The fraction of sp³-hybridized carbons (Fsp3) is 0.636. The Kier molecular flexibility index (Phi) is 6.70. The van der Waals surface area contributed by atoms with E-state index in [0.29, 0.717) is 24.7 Å². The van der Waals surface area contributed by atoms with Crippen molar-refractivity contribution in [3.63, 3.8) is 0 Å². The molecular formula is C22H32N2O2. The van der Waals surface area contributed by atoms with Gasteiger partial charge in [0.15, 0.2) is 0 Å². The van der Waals surface area contributed by atoms with E-state index in [2.05, 4.69) is 24.3 Å². The summed E-state index contributed by atoms with van der Waals surface area (Å²) < 4.78 is 0. The van der Waals surface area contributed by atoms with Crippen LogP contribution in [0.2, 0.25) is 0 Å². The van der Waals surface area contributed by atoms with Crippen molar-refractivity contribution >= 4 is 11.8 Å². The molecule has 0 saturated carbocycles. The molecule has 0 atom stereocenters. The lowest BCUT2D eigenvalue weighted by molar-refractivity contribution is -0.132. The van der Waals surface area contributed by atoms with Gasteiger partial charge in [0.1, 0.15) is 0 Å². The summed E-state index contributed by atoms with van der Waals surface area (Å²) in [5.41, 5.74) is 2.63. The minimum atomic E-state index is 0.288. The summed E-state index contributed by atoms with van der Waals surface area (Å²) in [5.74, 6) is 1.27. The molecule has 2 heterocycles. The van der Waals surface area contributed by atoms with Crippen LogP contribution in [0.25, 0.3) is 0 Å². The van der Waals surface area contributed by atoms with E-state index in [9.17, 15) is 9.59 Å². The van der Waals surface area contributed by atoms with Gasteiger partial charge in [-0.3, -0.25) is 9.59 Å². The topological polar surface area (TPSA) is 40.6 Å². The summed E-state index contributed by atoms with van der Waals surface area (Å²) >= 11 is 0. The highest BCUT2D eigenvalue weighted by Crippen LogP contribution is 2.22. The van der Waals surface area contributed by atoms with Crippen LogP contribution in [0, 0.1) is 5.92 Å². The number of aryl methyl sites for hydroxylation is 1. The number of amides is 2. The van der Waals surface area contributed by atoms with Crippen molar-refractivity contribution in [2.45, 2.75) is 58.3 Å². The van der Waals surface area contributed by atoms with Gasteiger partial charge in [0.2, 0.25) is 11.8 Å². The molecule has 4 nitrogen and oxygen atoms in total. The van der Waals surface area contributed by atoms with Gasteiger partial charge >= 0.3 is 0 Å². The monoisotopic (exact) mass is 356 g/mol. The Hall–Kier alpha value is -1.84. The Balaban J connectivity index is 1.42. The van der Waals surface area contributed by atoms with E-state index in [4.69, 9.17) is 0 Å². The smallest absolute Gasteiger partial charge is 0.222 e. The first-order valence-electron chi connectivity index (χ1n) is 10.3. The van der Waals surface area contributed by atoms with E-state index in [-0.39, 0.29) is 5.91 Å². The maximum Gasteiger partial charge on any atom is 0.222 e. The van der Waals surface area contributed by atoms with Crippen LogP contribution >= 0.6 is 0 Å². The summed E-state index contributed by atoms with van der Waals surface area (Å²) in [5, 5.41) is 0. The van der Waals surface area contributed by atoms with Gasteiger partial charge in [-0.25, -0.2) is 0 Å². The number of piperidine rings is 1. The third-order valence-electron chi connectivity index (χ3n) is 5.90. The molecule has 0 N–H and O–H groups in total. The van der Waals surface area contributed by atoms with E-state index in [1.807, 2.05) is 16.7 Å². The predicted octanol–water partition coefficient (Wildman–Crippen LogP) is 3.43. The van der Waals surface area contributed by atoms with Gasteiger partial charge in [0.25, 0.3) is 0 Å². The fourth-order valence-electron chi connectivity index (χ4n) is 4.16. The van der Waals surface area contributed by atoms with Gasteiger partial charge in [0.05, 0.1) is 0 Å². The third-order valence-corrected chi connectivity index (χ3v) is 5.90. The molecule has 1 aromatic rings. The van der Waals surface area contributed by atoms with Crippen LogP contribution in [0.3, 0.4) is 0 Å². The average molecular weight is 357 g/mol. The van der Waals surface area contributed by atoms with Crippen molar-refractivity contribution in [1.82, 2.24) is 9.80 Å². The number of hydrogen-bond donors (Lipinski definition) is 0. The molecule has 26 heavy (non-hydrogen) atoms. The summed E-state index contributed by atoms with van der Waals surface area (Å²) in [4.78, 5) is 27.9. The minimum absolute atomic E-state index is 0.288. The van der Waals surface area contributed by atoms with Crippen molar-refractivity contribution in [1.29, 1.82) is 0 Å². The Bertz CT molecular complexity index is 597. The lowest BCUT2D eigenvalue weighted by Gasteiger charge is -2.32. The third kappa shape index (κ3) is 5.09. The number of rotatable bonds is 6. The Morgan fingerprint density at radius 3 is 2.08 bits per heavy atom. The van der Waals surface area contributed by atoms with Crippen molar-refractivity contribution in [3.8, 4) is 0 Å². The molecule has 2 saturated heterocycles. The van der Waals surface area contributed by atoms with Gasteiger partial charge in [-0.1, -0.05) is 31.2 Å². The van der Waals surface area contributed by atoms with Crippen molar-refractivity contribution in [3.05, 3.63) is 35.4 Å². The molecule has 2 amide bonds. The van der Waals surface area contributed by atoms with E-state index in [0.717, 1.165) is 64.7 Å². The van der Waals surface area contributed by atoms with Crippen LogP contribution in [0.4, 0.5) is 0 Å². The Labute approximate surface area is 157 Å². The average Bonchev–Trinajstić information content (AvgIpc) is 3.22. The number of likely N-dealkylation sites (tertiary alicyclic amines) is 2. The maximum atomic E-state index is 12.1. The zero-order valence-corrected chi connectivity index (χ0v) is 16.1. The predicted molar refractivity (Wildman–Crippen MR) is 104 cm³/mol. The molecule has 0 spiro atoms. The largest absolute Gasteiger partial charge is 0.343 e. The summed E-state index contributed by atoms with van der Waals surface area (Å²) in [6.07, 6.45) is 7.72. The van der Waals surface area contributed by atoms with E-state index < -0.39 is 0 Å². The van der Waals surface area contributed by atoms with Gasteiger partial charge in [0, 0.05) is 39.0 Å². The zero-order valence-electron chi connectivity index (χ0n) is 16.1. The molecule has 142 valence electrons. The Morgan fingerprint density at radius 2 is 1.46 bits per heavy atom. The van der Waals surface area contributed by atoms with Crippen molar-refractivity contribution in [2.24, 2.45) is 5.92 Å². The van der Waals surface area contributed by atoms with E-state index in [1.165, 1.54) is 11.1 Å². The summed E-state index contributed by atoms with van der Waals surface area (Å²) in [6.45, 7) is 5.65. The first kappa shape index (κ1) is 18.9. The van der Waals surface area contributed by atoms with Crippen LogP contribution in [0.1, 0.15) is 56.6 Å². The van der Waals surface area contributed by atoms with Crippen LogP contribution in [-0.2, 0) is 22.4 Å². The zero-order chi connectivity index (χ0) is 18.4. The van der Waals surface area contributed by atoms with Crippen LogP contribution in [0.15, 0.2) is 24.3 Å². The molecule has 1 aromatic carbocycles. The highest BCUT2D eigenvalue weighted by Gasteiger charge is 2.22. The van der Waals surface area contributed by atoms with Gasteiger partial charge in [-0.2, -0.15) is 0 Å². The molecule has 2 aliphatic heterocycles. The van der Waals surface area contributed by atoms with Gasteiger partial charge in [-0.15, -0.1) is 0 Å². The maximum absolute atomic E-state index is 12.1. The first-order valence-corrected chi connectivity index (χ1v) is 10.3. The first-order chi connectivity index (χ1) is 12.7. The molecule has 0 radical (unpaired) electrons. The van der Waals surface area contributed by atoms with E-state index in [1.54, 1.807) is 0 Å². The SMILES string of the molecule is CCC(=O)N1CCC(Cc2ccc(CCC(=O)N3CCCC3)cc2)CC1. The molecule has 0 aliphatic carbocycles. The lowest BCUT2D eigenvalue weighted by atomic mass is 9.89. The second-order valence-corrected chi connectivity index (χ2v) is 7.79. The molecular weight excluding hydrogens is 324 g/mol. The number of benzene rings is 1. The molecule has 2 fully saturated rings. The summed E-state index contributed by atoms with van der Waals surface area (Å²) in [6, 6.07) is 8.81. The molecule has 4 heteroatoms. The van der Waals surface area contributed by atoms with Crippen LogP contribution in [-0.4, -0.2) is 47.8 Å². The Morgan fingerprint density at radius 1 is 0.885 bits per heavy atom. The highest BCUT2D eigenvalue weighted by atomic mass is 16.2. The quantitative estimate of drug-likeness (QED) is 0.783. The number of nitrogens with zero attached hydrogens (tertiary/aromatic N) is 2. The number of carbonyl (C=O) groups excluding carboxylic acids is 2. The normalized spacial score (nSPS) is 18.3. The molecule has 0 aromatic heterocycles. The van der Waals surface area contributed by atoms with Gasteiger partial charge < -0.3 is 9.80 Å². The van der Waals surface area contributed by atoms with Crippen molar-refractivity contribution < 1.29 is 9.59 Å². The minimum Gasteiger partial charge on any atom is -0.343 e. The number of hydrogen-bond acceptors (Lipinski definition) is 2. The summed E-state index contributed by atoms with van der Waals surface area (Å²) in [7, 11) is 0. The van der Waals surface area contributed by atoms with Crippen molar-refractivity contribution in [2.75, 3.05) is 26.2 Å². The second-order valence-electron chi connectivity index (χ2n) is 7.79. The highest BCUT2D eigenvalue weighted by molar-refractivity contribution is 5.76. The second kappa shape index (κ2) is 9.20. The molecule has 0 bridgehead atoms. The molecule has 2 aliphatic rings. The van der Waals surface area contributed by atoms with E-state index >= 15 is 0 Å². The fourth-order valence-corrected chi connectivity index (χ4v) is 4.16. The molecule has 3 rings (SSSR count). The van der Waals surface area contributed by atoms with Crippen LogP contribution in [0.5, 0.6) is 0 Å². The number of carbonyl (C=O) groups is 2. The van der Waals surface area contributed by atoms with Crippen LogP contribution < -0.4 is 0 Å². The lowest BCUT2D eigenvalue weighted by Crippen LogP contribution is -2.38. The standard InChI is InChI=1S/C22H32N2O2/c1-2-21(25)24-15-11-20(12-16-24)17-19-7-5-18(6-8-19)9-10-22(26)23-13-3-4-14-23/h5-8,20H,2-4,9-17H2,1H3.